The van der Waals surface area contributed by atoms with Gasteiger partial charge in [0.25, 0.3) is 0 Å². The van der Waals surface area contributed by atoms with E-state index in [9.17, 15) is 4.39 Å². The molecule has 0 saturated carbocycles. The van der Waals surface area contributed by atoms with E-state index >= 15 is 0 Å². The van der Waals surface area contributed by atoms with Gasteiger partial charge in [0, 0.05) is 6.04 Å². The Balaban J connectivity index is 2.83. The third kappa shape index (κ3) is 2.50. The summed E-state index contributed by atoms with van der Waals surface area (Å²) in [5.41, 5.74) is 7.03. The Labute approximate surface area is 77.2 Å². The first-order valence-corrected chi connectivity index (χ1v) is 4.25. The summed E-state index contributed by atoms with van der Waals surface area (Å²) in [5, 5.41) is 8.74. The van der Waals surface area contributed by atoms with Crippen LogP contribution >= 0.6 is 0 Å². The van der Waals surface area contributed by atoms with E-state index in [1.165, 1.54) is 6.07 Å². The second-order valence-corrected chi connectivity index (χ2v) is 3.17. The van der Waals surface area contributed by atoms with Gasteiger partial charge in [-0.1, -0.05) is 12.1 Å². The maximum absolute atomic E-state index is 13.0. The maximum atomic E-state index is 13.0. The third-order valence-electron chi connectivity index (χ3n) is 2.10. The van der Waals surface area contributed by atoms with Crippen LogP contribution in [0.2, 0.25) is 0 Å². The molecule has 1 atom stereocenters. The number of aliphatic hydroxyl groups is 1. The summed E-state index contributed by atoms with van der Waals surface area (Å²) in [5.74, 6) is -0.220. The summed E-state index contributed by atoms with van der Waals surface area (Å²) in [6, 6.07) is 4.60. The largest absolute Gasteiger partial charge is 0.395 e. The fraction of sp³-hybridized carbons (Fsp3) is 0.400. The molecule has 1 aromatic rings. The quantitative estimate of drug-likeness (QED) is 0.734. The summed E-state index contributed by atoms with van der Waals surface area (Å²) in [7, 11) is 0. The topological polar surface area (TPSA) is 46.2 Å². The molecule has 13 heavy (non-hydrogen) atoms. The molecule has 0 fully saturated rings. The molecule has 0 amide bonds. The lowest BCUT2D eigenvalue weighted by Gasteiger charge is -2.10. The van der Waals surface area contributed by atoms with E-state index in [1.807, 2.05) is 6.07 Å². The number of benzene rings is 1. The van der Waals surface area contributed by atoms with Crippen LogP contribution in [0.1, 0.15) is 11.1 Å². The normalized spacial score (nSPS) is 12.9. The van der Waals surface area contributed by atoms with Crippen LogP contribution in [0.4, 0.5) is 4.39 Å². The Bertz CT molecular complexity index is 288. The summed E-state index contributed by atoms with van der Waals surface area (Å²) in [6.07, 6.45) is 0.514. The first-order chi connectivity index (χ1) is 6.15. The molecule has 72 valence electrons. The van der Waals surface area contributed by atoms with Gasteiger partial charge in [-0.05, 0) is 30.5 Å². The minimum Gasteiger partial charge on any atom is -0.395 e. The average molecular weight is 183 g/mol. The third-order valence-corrected chi connectivity index (χ3v) is 2.10. The molecule has 3 N–H and O–H groups in total. The van der Waals surface area contributed by atoms with Gasteiger partial charge in [0.05, 0.1) is 6.61 Å². The van der Waals surface area contributed by atoms with Crippen LogP contribution in [0.3, 0.4) is 0 Å². The number of rotatable bonds is 3. The molecule has 2 nitrogen and oxygen atoms in total. The number of hydrogen-bond donors (Lipinski definition) is 2. The van der Waals surface area contributed by atoms with Gasteiger partial charge < -0.3 is 10.8 Å². The van der Waals surface area contributed by atoms with Gasteiger partial charge in [0.2, 0.25) is 0 Å². The zero-order chi connectivity index (χ0) is 9.84. The summed E-state index contributed by atoms with van der Waals surface area (Å²) in [6.45, 7) is 1.64. The van der Waals surface area contributed by atoms with Gasteiger partial charge in [0.1, 0.15) is 5.82 Å². The lowest BCUT2D eigenvalue weighted by molar-refractivity contribution is 0.265. The lowest BCUT2D eigenvalue weighted by Crippen LogP contribution is -2.27. The Morgan fingerprint density at radius 2 is 2.23 bits per heavy atom. The Morgan fingerprint density at radius 3 is 2.85 bits per heavy atom. The van der Waals surface area contributed by atoms with Crippen molar-refractivity contribution in [3.05, 3.63) is 35.1 Å². The predicted molar refractivity (Wildman–Crippen MR) is 49.9 cm³/mol. The highest BCUT2D eigenvalue weighted by Crippen LogP contribution is 2.13. The first-order valence-electron chi connectivity index (χ1n) is 4.25. The Hall–Kier alpha value is -0.930. The Kier molecular flexibility index (Phi) is 3.39. The molecular weight excluding hydrogens is 169 g/mol. The number of hydrogen-bond acceptors (Lipinski definition) is 2. The zero-order valence-corrected chi connectivity index (χ0v) is 7.63. The van der Waals surface area contributed by atoms with E-state index in [0.29, 0.717) is 12.0 Å². The second kappa shape index (κ2) is 4.35. The maximum Gasteiger partial charge on any atom is 0.126 e. The van der Waals surface area contributed by atoms with Crippen molar-refractivity contribution in [2.45, 2.75) is 19.4 Å². The highest BCUT2D eigenvalue weighted by Gasteiger charge is 2.07. The number of aliphatic hydroxyl groups excluding tert-OH is 1. The molecule has 0 radical (unpaired) electrons. The molecular formula is C10H14FNO. The van der Waals surface area contributed by atoms with Crippen molar-refractivity contribution < 1.29 is 9.50 Å². The first kappa shape index (κ1) is 10.2. The highest BCUT2D eigenvalue weighted by molar-refractivity contribution is 5.27. The van der Waals surface area contributed by atoms with Crippen molar-refractivity contribution in [2.24, 2.45) is 5.73 Å². The fourth-order valence-corrected chi connectivity index (χ4v) is 1.22. The number of nitrogens with two attached hydrogens (primary N) is 1. The van der Waals surface area contributed by atoms with Gasteiger partial charge in [-0.25, -0.2) is 4.39 Å². The molecule has 3 heteroatoms. The van der Waals surface area contributed by atoms with E-state index in [-0.39, 0.29) is 18.5 Å². The standard InChI is InChI=1S/C10H14FNO/c1-7-8(5-9(12)6-13)3-2-4-10(7)11/h2-4,9,13H,5-6,12H2,1H3. The molecule has 0 saturated heterocycles. The Morgan fingerprint density at radius 1 is 1.54 bits per heavy atom. The van der Waals surface area contributed by atoms with Gasteiger partial charge in [-0.3, -0.25) is 0 Å². The molecule has 1 rings (SSSR count). The van der Waals surface area contributed by atoms with Crippen molar-refractivity contribution in [1.29, 1.82) is 0 Å². The molecule has 0 aliphatic heterocycles. The van der Waals surface area contributed by atoms with Gasteiger partial charge >= 0.3 is 0 Å². The fourth-order valence-electron chi connectivity index (χ4n) is 1.22. The smallest absolute Gasteiger partial charge is 0.126 e. The van der Waals surface area contributed by atoms with Crippen molar-refractivity contribution in [2.75, 3.05) is 6.61 Å². The summed E-state index contributed by atoms with van der Waals surface area (Å²) < 4.78 is 13.0. The van der Waals surface area contributed by atoms with Crippen molar-refractivity contribution in [1.82, 2.24) is 0 Å². The average Bonchev–Trinajstić information content (AvgIpc) is 2.13. The van der Waals surface area contributed by atoms with E-state index in [1.54, 1.807) is 13.0 Å². The zero-order valence-electron chi connectivity index (χ0n) is 7.63. The van der Waals surface area contributed by atoms with Crippen LogP contribution < -0.4 is 5.73 Å². The summed E-state index contributed by atoms with van der Waals surface area (Å²) >= 11 is 0. The molecule has 0 aliphatic rings. The van der Waals surface area contributed by atoms with Gasteiger partial charge in [0.15, 0.2) is 0 Å². The van der Waals surface area contributed by atoms with Crippen LogP contribution in [0, 0.1) is 12.7 Å². The lowest BCUT2D eigenvalue weighted by atomic mass is 10.0. The molecule has 0 bridgehead atoms. The SMILES string of the molecule is Cc1c(F)cccc1CC(N)CO. The highest BCUT2D eigenvalue weighted by atomic mass is 19.1. The molecule has 0 heterocycles. The van der Waals surface area contributed by atoms with Crippen LogP contribution in [0.5, 0.6) is 0 Å². The van der Waals surface area contributed by atoms with Crippen LogP contribution in [-0.2, 0) is 6.42 Å². The summed E-state index contributed by atoms with van der Waals surface area (Å²) in [4.78, 5) is 0. The molecule has 0 spiro atoms. The van der Waals surface area contributed by atoms with E-state index < -0.39 is 0 Å². The molecule has 1 unspecified atom stereocenters. The minimum atomic E-state index is -0.305. The number of halogens is 1. The predicted octanol–water partition coefficient (Wildman–Crippen LogP) is 0.996. The van der Waals surface area contributed by atoms with E-state index in [2.05, 4.69) is 0 Å². The van der Waals surface area contributed by atoms with Crippen LogP contribution in [0.15, 0.2) is 18.2 Å². The van der Waals surface area contributed by atoms with E-state index in [4.69, 9.17) is 10.8 Å². The van der Waals surface area contributed by atoms with Gasteiger partial charge in [-0.15, -0.1) is 0 Å². The van der Waals surface area contributed by atoms with Crippen molar-refractivity contribution in [3.63, 3.8) is 0 Å². The monoisotopic (exact) mass is 183 g/mol. The van der Waals surface area contributed by atoms with Crippen LogP contribution in [-0.4, -0.2) is 17.8 Å². The van der Waals surface area contributed by atoms with Crippen molar-refractivity contribution >= 4 is 0 Å². The van der Waals surface area contributed by atoms with Crippen LogP contribution in [0.25, 0.3) is 0 Å². The molecule has 0 aromatic heterocycles. The van der Waals surface area contributed by atoms with Gasteiger partial charge in [-0.2, -0.15) is 0 Å². The molecule has 1 aromatic carbocycles. The second-order valence-electron chi connectivity index (χ2n) is 3.17. The minimum absolute atomic E-state index is 0.0735. The van der Waals surface area contributed by atoms with E-state index in [0.717, 1.165) is 5.56 Å². The van der Waals surface area contributed by atoms with Crippen molar-refractivity contribution in [3.8, 4) is 0 Å². The molecule has 0 aliphatic carbocycles.